The highest BCUT2D eigenvalue weighted by Gasteiger charge is 2.69. The zero-order chi connectivity index (χ0) is 45.3. The van der Waals surface area contributed by atoms with Gasteiger partial charge in [0.25, 0.3) is 0 Å². The summed E-state index contributed by atoms with van der Waals surface area (Å²) in [5.74, 6) is -6.77. The third-order valence-electron chi connectivity index (χ3n) is 16.6. The highest BCUT2D eigenvalue weighted by atomic mass is 16.8. The maximum absolute atomic E-state index is 12.2. The Labute approximate surface area is 368 Å². The topological polar surface area (TPSA) is 200 Å². The number of ether oxygens (including phenoxy) is 11. The second kappa shape index (κ2) is 18.2. The van der Waals surface area contributed by atoms with Crippen LogP contribution in [0.15, 0.2) is 0 Å². The summed E-state index contributed by atoms with van der Waals surface area (Å²) in [6, 6.07) is 0. The lowest BCUT2D eigenvalue weighted by Gasteiger charge is -2.57. The molecule has 23 unspecified atom stereocenters. The minimum Gasteiger partial charge on any atom is -0.481 e. The van der Waals surface area contributed by atoms with Gasteiger partial charge in [-0.2, -0.15) is 0 Å². The van der Waals surface area contributed by atoms with Crippen LogP contribution in [0.25, 0.3) is 0 Å². The lowest BCUT2D eigenvalue weighted by atomic mass is 9.73. The molecule has 23 atom stereocenters. The molecule has 358 valence electrons. The van der Waals surface area contributed by atoms with Crippen molar-refractivity contribution in [3.8, 4) is 0 Å². The normalized spacial score (nSPS) is 54.9. The van der Waals surface area contributed by atoms with Gasteiger partial charge in [-0.3, -0.25) is 4.79 Å². The number of carboxylic acid groups (broad SMARTS) is 1. The Bertz CT molecular complexity index is 1550. The summed E-state index contributed by atoms with van der Waals surface area (Å²) >= 11 is 0. The molecule has 7 rings (SSSR count). The predicted octanol–water partition coefficient (Wildman–Crippen LogP) is 4.69. The van der Waals surface area contributed by atoms with E-state index in [0.29, 0.717) is 19.3 Å². The molecule has 0 aromatic rings. The van der Waals surface area contributed by atoms with Crippen molar-refractivity contribution in [3.63, 3.8) is 0 Å². The van der Waals surface area contributed by atoms with Crippen LogP contribution < -0.4 is 0 Å². The fourth-order valence-corrected chi connectivity index (χ4v) is 12.8. The third kappa shape index (κ3) is 8.67. The fourth-order valence-electron chi connectivity index (χ4n) is 12.8. The Balaban J connectivity index is 1.12. The number of aliphatic carboxylic acids is 1. The maximum atomic E-state index is 12.2. The van der Waals surface area contributed by atoms with E-state index in [4.69, 9.17) is 52.1 Å². The van der Waals surface area contributed by atoms with Gasteiger partial charge in [-0.1, -0.05) is 34.6 Å². The van der Waals surface area contributed by atoms with E-state index in [1.807, 2.05) is 20.8 Å². The summed E-state index contributed by atoms with van der Waals surface area (Å²) in [5.41, 5.74) is -2.19. The van der Waals surface area contributed by atoms with Crippen molar-refractivity contribution in [2.24, 2.45) is 29.6 Å². The first-order chi connectivity index (χ1) is 29.0. The van der Waals surface area contributed by atoms with Crippen LogP contribution in [0.4, 0.5) is 0 Å². The first kappa shape index (κ1) is 48.8. The Morgan fingerprint density at radius 1 is 0.726 bits per heavy atom. The van der Waals surface area contributed by atoms with Crippen LogP contribution in [-0.4, -0.2) is 156 Å². The van der Waals surface area contributed by atoms with E-state index >= 15 is 0 Å². The van der Waals surface area contributed by atoms with E-state index in [9.17, 15) is 25.2 Å². The van der Waals surface area contributed by atoms with Crippen molar-refractivity contribution in [2.45, 2.75) is 235 Å². The van der Waals surface area contributed by atoms with Crippen molar-refractivity contribution in [2.75, 3.05) is 21.3 Å². The number of carboxylic acids is 1. The largest absolute Gasteiger partial charge is 0.481 e. The molecule has 0 aliphatic carbocycles. The molecule has 7 saturated heterocycles. The van der Waals surface area contributed by atoms with Gasteiger partial charge in [0, 0.05) is 64.3 Å². The lowest BCUT2D eigenvalue weighted by molar-refractivity contribution is -0.395. The summed E-state index contributed by atoms with van der Waals surface area (Å²) in [6.07, 6.45) is -0.970. The molecule has 7 heterocycles. The van der Waals surface area contributed by atoms with Gasteiger partial charge in [-0.15, -0.1) is 0 Å². The smallest absolute Gasteiger partial charge is 0.308 e. The molecule has 16 heteroatoms. The quantitative estimate of drug-likeness (QED) is 0.210. The molecule has 1 spiro atoms. The highest BCUT2D eigenvalue weighted by Crippen LogP contribution is 2.57. The fraction of sp³-hybridized carbons (Fsp3) is 0.978. The predicted molar refractivity (Wildman–Crippen MR) is 222 cm³/mol. The Morgan fingerprint density at radius 3 is 2.03 bits per heavy atom. The van der Waals surface area contributed by atoms with Gasteiger partial charge >= 0.3 is 5.97 Å². The number of carbonyl (C=O) groups is 1. The summed E-state index contributed by atoms with van der Waals surface area (Å²) in [7, 11) is 4.89. The number of methoxy groups -OCH3 is 3. The van der Waals surface area contributed by atoms with Gasteiger partial charge in [0.2, 0.25) is 0 Å². The van der Waals surface area contributed by atoms with Gasteiger partial charge < -0.3 is 72.5 Å². The van der Waals surface area contributed by atoms with Crippen LogP contribution in [0.5, 0.6) is 0 Å². The Hall–Kier alpha value is -1.09. The average molecular weight is 887 g/mol. The van der Waals surface area contributed by atoms with E-state index < -0.39 is 89.8 Å². The SMILES string of the molecule is COC1CC(CC2OC(O)(CC(=O)O)C(C)C(OC)C2(C)OC2CCC(O)C(C)O2)OC2(OC(C)(C3CCC(C4CCC(C5OC(C)(O)C(C)CC5C)O4)O3)C(OC)C2C)C1C. The van der Waals surface area contributed by atoms with E-state index in [0.717, 1.165) is 32.1 Å². The van der Waals surface area contributed by atoms with E-state index in [2.05, 4.69) is 20.8 Å². The van der Waals surface area contributed by atoms with Gasteiger partial charge in [-0.25, -0.2) is 0 Å². The molecule has 7 fully saturated rings. The number of aliphatic hydroxyl groups excluding tert-OH is 1. The second-order valence-electron chi connectivity index (χ2n) is 20.7. The molecule has 0 aromatic heterocycles. The summed E-state index contributed by atoms with van der Waals surface area (Å²) in [6.45, 7) is 17.5. The number of hydrogen-bond acceptors (Lipinski definition) is 15. The van der Waals surface area contributed by atoms with Crippen LogP contribution in [0.2, 0.25) is 0 Å². The molecule has 62 heavy (non-hydrogen) atoms. The maximum Gasteiger partial charge on any atom is 0.308 e. The van der Waals surface area contributed by atoms with Crippen molar-refractivity contribution < 1.29 is 77.3 Å². The molecular weight excluding hydrogens is 808 g/mol. The van der Waals surface area contributed by atoms with Crippen LogP contribution in [-0.2, 0) is 56.9 Å². The van der Waals surface area contributed by atoms with E-state index in [-0.39, 0.29) is 66.7 Å². The van der Waals surface area contributed by atoms with Crippen molar-refractivity contribution in [1.82, 2.24) is 0 Å². The van der Waals surface area contributed by atoms with Crippen LogP contribution >= 0.6 is 0 Å². The van der Waals surface area contributed by atoms with Gasteiger partial charge in [0.15, 0.2) is 23.7 Å². The summed E-state index contributed by atoms with van der Waals surface area (Å²) in [5, 5.41) is 43.2. The molecule has 0 amide bonds. The first-order valence-electron chi connectivity index (χ1n) is 23.4. The second-order valence-corrected chi connectivity index (χ2v) is 20.7. The first-order valence-corrected chi connectivity index (χ1v) is 23.4. The molecule has 0 bridgehead atoms. The monoisotopic (exact) mass is 887 g/mol. The molecular formula is C46H78O16. The molecule has 16 nitrogen and oxygen atoms in total. The van der Waals surface area contributed by atoms with Crippen LogP contribution in [0, 0.1) is 29.6 Å². The van der Waals surface area contributed by atoms with E-state index in [1.165, 1.54) is 7.11 Å². The number of hydrogen-bond donors (Lipinski definition) is 4. The van der Waals surface area contributed by atoms with E-state index in [1.54, 1.807) is 35.0 Å². The van der Waals surface area contributed by atoms with Crippen molar-refractivity contribution >= 4 is 5.97 Å². The molecule has 0 aromatic carbocycles. The average Bonchev–Trinajstić information content (AvgIpc) is 3.94. The molecule has 7 aliphatic rings. The summed E-state index contributed by atoms with van der Waals surface area (Å²) in [4.78, 5) is 12.2. The van der Waals surface area contributed by atoms with Gasteiger partial charge in [0.1, 0.15) is 11.2 Å². The van der Waals surface area contributed by atoms with Gasteiger partial charge in [-0.05, 0) is 72.1 Å². The molecule has 7 aliphatic heterocycles. The molecule has 4 N–H and O–H groups in total. The number of aliphatic hydroxyl groups is 3. The zero-order valence-corrected chi connectivity index (χ0v) is 39.2. The van der Waals surface area contributed by atoms with Crippen LogP contribution in [0.3, 0.4) is 0 Å². The minimum atomic E-state index is -2.09. The van der Waals surface area contributed by atoms with Crippen LogP contribution in [0.1, 0.15) is 127 Å². The standard InChI is InChI=1S/C46H78O16/c1-23-19-24(2)44(9,50)61-39(23)33-15-14-31(56-33)32-16-17-35(57-32)43(8)41(54-12)27(5)46(62-43)25(3)34(52-10)20-29(58-46)21-36-42(7,60-38-18-13-30(47)28(6)55-38)40(53-11)26(4)45(51,59-36)22-37(48)49/h23-36,38-41,47,50-51H,13-22H2,1-12H3,(H,48,49). The molecule has 0 saturated carbocycles. The Kier molecular flexibility index (Phi) is 14.3. The van der Waals surface area contributed by atoms with Gasteiger partial charge in [0.05, 0.1) is 79.7 Å². The Morgan fingerprint density at radius 2 is 1.39 bits per heavy atom. The van der Waals surface area contributed by atoms with Crippen molar-refractivity contribution in [3.05, 3.63) is 0 Å². The van der Waals surface area contributed by atoms with Crippen molar-refractivity contribution in [1.29, 1.82) is 0 Å². The minimum absolute atomic E-state index is 0.0363. The summed E-state index contributed by atoms with van der Waals surface area (Å²) < 4.78 is 72.6. The highest BCUT2D eigenvalue weighted by molar-refractivity contribution is 5.68. The molecule has 0 radical (unpaired) electrons. The zero-order valence-electron chi connectivity index (χ0n) is 39.2. The lowest BCUT2D eigenvalue weighted by Crippen LogP contribution is -2.70. The number of rotatable bonds is 12. The third-order valence-corrected chi connectivity index (χ3v) is 16.6.